The highest BCUT2D eigenvalue weighted by atomic mass is 19.1. The zero-order valence-corrected chi connectivity index (χ0v) is 9.30. The minimum absolute atomic E-state index is 0.361. The van der Waals surface area contributed by atoms with Crippen LogP contribution in [0.1, 0.15) is 0 Å². The number of anilines is 2. The van der Waals surface area contributed by atoms with E-state index < -0.39 is 39.3 Å². The summed E-state index contributed by atoms with van der Waals surface area (Å²) in [7, 11) is 0. The lowest BCUT2D eigenvalue weighted by molar-refractivity contribution is -0.384. The summed E-state index contributed by atoms with van der Waals surface area (Å²) >= 11 is 0. The van der Waals surface area contributed by atoms with Gasteiger partial charge in [-0.2, -0.15) is 4.98 Å². The van der Waals surface area contributed by atoms with E-state index in [2.05, 4.69) is 9.97 Å². The molecule has 2 rings (SSSR count). The Morgan fingerprint density at radius 1 is 1.21 bits per heavy atom. The van der Waals surface area contributed by atoms with Crippen LogP contribution in [0.25, 0.3) is 11.3 Å². The van der Waals surface area contributed by atoms with Crippen molar-refractivity contribution < 1.29 is 13.7 Å². The minimum Gasteiger partial charge on any atom is -0.381 e. The fourth-order valence-corrected chi connectivity index (χ4v) is 1.47. The number of non-ortho nitro benzene ring substituents is 1. The van der Waals surface area contributed by atoms with Gasteiger partial charge in [0.25, 0.3) is 5.69 Å². The fraction of sp³-hybridized carbons (Fsp3) is 0. The van der Waals surface area contributed by atoms with Crippen molar-refractivity contribution in [2.45, 2.75) is 0 Å². The Kier molecular flexibility index (Phi) is 2.95. The highest BCUT2D eigenvalue weighted by Gasteiger charge is 2.19. The number of nitrogen functional groups attached to an aromatic ring is 2. The van der Waals surface area contributed by atoms with Crippen LogP contribution in [-0.2, 0) is 0 Å². The quantitative estimate of drug-likeness (QED) is 0.628. The summed E-state index contributed by atoms with van der Waals surface area (Å²) in [5.41, 5.74) is 9.19. The molecule has 4 N–H and O–H groups in total. The zero-order valence-electron chi connectivity index (χ0n) is 9.30. The number of nitro benzene ring substituents is 1. The predicted octanol–water partition coefficient (Wildman–Crippen LogP) is 1.49. The summed E-state index contributed by atoms with van der Waals surface area (Å²) < 4.78 is 27.4. The van der Waals surface area contributed by atoms with Crippen LogP contribution in [0.5, 0.6) is 0 Å². The van der Waals surface area contributed by atoms with Crippen molar-refractivity contribution in [1.29, 1.82) is 0 Å². The van der Waals surface area contributed by atoms with Crippen LogP contribution in [0.3, 0.4) is 0 Å². The second-order valence-electron chi connectivity index (χ2n) is 3.55. The molecule has 1 aromatic heterocycles. The van der Waals surface area contributed by atoms with Gasteiger partial charge in [0.1, 0.15) is 11.5 Å². The van der Waals surface area contributed by atoms with Crippen molar-refractivity contribution in [2.24, 2.45) is 0 Å². The Morgan fingerprint density at radius 3 is 2.53 bits per heavy atom. The zero-order chi connectivity index (χ0) is 14.2. The molecule has 0 aliphatic heterocycles. The predicted molar refractivity (Wildman–Crippen MR) is 62.9 cm³/mol. The largest absolute Gasteiger partial charge is 0.381 e. The molecule has 0 aliphatic carbocycles. The third-order valence-corrected chi connectivity index (χ3v) is 2.31. The van der Waals surface area contributed by atoms with E-state index in [0.717, 1.165) is 18.2 Å². The molecule has 0 saturated carbocycles. The molecule has 1 heterocycles. The Morgan fingerprint density at radius 2 is 1.89 bits per heavy atom. The van der Waals surface area contributed by atoms with Gasteiger partial charge in [-0.15, -0.1) is 0 Å². The maximum Gasteiger partial charge on any atom is 0.270 e. The van der Waals surface area contributed by atoms with Crippen molar-refractivity contribution in [1.82, 2.24) is 9.97 Å². The molecule has 0 aliphatic rings. The molecule has 0 atom stereocenters. The Hall–Kier alpha value is -2.84. The van der Waals surface area contributed by atoms with Crippen LogP contribution in [0, 0.1) is 21.7 Å². The average molecular weight is 267 g/mol. The molecular formula is C10H7F2N5O2. The molecule has 0 radical (unpaired) electrons. The number of nitro groups is 1. The van der Waals surface area contributed by atoms with Gasteiger partial charge in [0.05, 0.1) is 4.92 Å². The standard InChI is InChI=1S/C10H7F2N5O2/c11-6-2-1-4(17(18)19)3-5(6)8-7(12)9(13)16-10(14)15-8/h1-3H,(H4,13,14,15,16). The normalized spacial score (nSPS) is 10.4. The molecule has 2 aromatic rings. The lowest BCUT2D eigenvalue weighted by Gasteiger charge is -2.06. The van der Waals surface area contributed by atoms with Crippen LogP contribution >= 0.6 is 0 Å². The number of nitrogens with two attached hydrogens (primary N) is 2. The Balaban J connectivity index is 2.71. The topological polar surface area (TPSA) is 121 Å². The number of hydrogen-bond acceptors (Lipinski definition) is 6. The molecule has 0 saturated heterocycles. The summed E-state index contributed by atoms with van der Waals surface area (Å²) in [6.45, 7) is 0. The third-order valence-electron chi connectivity index (χ3n) is 2.31. The lowest BCUT2D eigenvalue weighted by atomic mass is 10.1. The number of halogens is 2. The lowest BCUT2D eigenvalue weighted by Crippen LogP contribution is -2.06. The van der Waals surface area contributed by atoms with Gasteiger partial charge < -0.3 is 11.5 Å². The van der Waals surface area contributed by atoms with Gasteiger partial charge in [-0.05, 0) is 6.07 Å². The molecule has 0 amide bonds. The monoisotopic (exact) mass is 267 g/mol. The molecule has 98 valence electrons. The van der Waals surface area contributed by atoms with Crippen molar-refractivity contribution in [3.8, 4) is 11.3 Å². The van der Waals surface area contributed by atoms with E-state index in [1.807, 2.05) is 0 Å². The number of aromatic nitrogens is 2. The molecule has 0 spiro atoms. The summed E-state index contributed by atoms with van der Waals surface area (Å²) in [6, 6.07) is 2.63. The van der Waals surface area contributed by atoms with Crippen LogP contribution < -0.4 is 11.5 Å². The SMILES string of the molecule is Nc1nc(N)c(F)c(-c2cc([N+](=O)[O-])ccc2F)n1. The van der Waals surface area contributed by atoms with Gasteiger partial charge in [0, 0.05) is 17.7 Å². The number of benzene rings is 1. The molecule has 0 unspecified atom stereocenters. The summed E-state index contributed by atoms with van der Waals surface area (Å²) in [5.74, 6) is -2.90. The Labute approximate surface area is 105 Å². The van der Waals surface area contributed by atoms with Crippen LogP contribution in [0.2, 0.25) is 0 Å². The fourth-order valence-electron chi connectivity index (χ4n) is 1.47. The number of nitrogens with zero attached hydrogens (tertiary/aromatic N) is 3. The molecule has 0 fully saturated rings. The highest BCUT2D eigenvalue weighted by Crippen LogP contribution is 2.29. The van der Waals surface area contributed by atoms with Crippen LogP contribution in [-0.4, -0.2) is 14.9 Å². The molecule has 1 aromatic carbocycles. The van der Waals surface area contributed by atoms with E-state index in [0.29, 0.717) is 0 Å². The van der Waals surface area contributed by atoms with E-state index in [4.69, 9.17) is 11.5 Å². The van der Waals surface area contributed by atoms with Crippen molar-refractivity contribution >= 4 is 17.5 Å². The van der Waals surface area contributed by atoms with Crippen molar-refractivity contribution in [3.63, 3.8) is 0 Å². The summed E-state index contributed by atoms with van der Waals surface area (Å²) in [5, 5.41) is 10.6. The summed E-state index contributed by atoms with van der Waals surface area (Å²) in [6.07, 6.45) is 0. The number of hydrogen-bond donors (Lipinski definition) is 2. The third kappa shape index (κ3) is 2.25. The first kappa shape index (κ1) is 12.6. The van der Waals surface area contributed by atoms with E-state index in [1.165, 1.54) is 0 Å². The maximum absolute atomic E-state index is 13.7. The molecule has 7 nitrogen and oxygen atoms in total. The first-order valence-corrected chi connectivity index (χ1v) is 4.93. The van der Waals surface area contributed by atoms with Crippen molar-refractivity contribution in [3.05, 3.63) is 39.9 Å². The molecule has 9 heteroatoms. The Bertz CT molecular complexity index is 677. The van der Waals surface area contributed by atoms with Gasteiger partial charge in [-0.3, -0.25) is 10.1 Å². The van der Waals surface area contributed by atoms with E-state index >= 15 is 0 Å². The highest BCUT2D eigenvalue weighted by molar-refractivity contribution is 5.67. The van der Waals surface area contributed by atoms with Gasteiger partial charge in [0.2, 0.25) is 5.95 Å². The second kappa shape index (κ2) is 4.44. The van der Waals surface area contributed by atoms with E-state index in [9.17, 15) is 18.9 Å². The summed E-state index contributed by atoms with van der Waals surface area (Å²) in [4.78, 5) is 16.8. The minimum atomic E-state index is -1.09. The molecule has 0 bridgehead atoms. The van der Waals surface area contributed by atoms with Gasteiger partial charge in [0.15, 0.2) is 11.6 Å². The second-order valence-corrected chi connectivity index (χ2v) is 3.55. The van der Waals surface area contributed by atoms with Gasteiger partial charge in [-0.25, -0.2) is 13.8 Å². The molecule has 19 heavy (non-hydrogen) atoms. The first-order valence-electron chi connectivity index (χ1n) is 4.93. The van der Waals surface area contributed by atoms with Crippen LogP contribution in [0.4, 0.5) is 26.2 Å². The molecular weight excluding hydrogens is 260 g/mol. The van der Waals surface area contributed by atoms with Crippen molar-refractivity contribution in [2.75, 3.05) is 11.5 Å². The maximum atomic E-state index is 13.7. The van der Waals surface area contributed by atoms with Gasteiger partial charge in [-0.1, -0.05) is 0 Å². The average Bonchev–Trinajstić information content (AvgIpc) is 2.34. The van der Waals surface area contributed by atoms with Gasteiger partial charge >= 0.3 is 0 Å². The smallest absolute Gasteiger partial charge is 0.270 e. The van der Waals surface area contributed by atoms with Crippen LogP contribution in [0.15, 0.2) is 18.2 Å². The van der Waals surface area contributed by atoms with E-state index in [1.54, 1.807) is 0 Å². The number of rotatable bonds is 2. The van der Waals surface area contributed by atoms with E-state index in [-0.39, 0.29) is 5.95 Å². The first-order chi connectivity index (χ1) is 8.90.